The topological polar surface area (TPSA) is 41.3 Å². The van der Waals surface area contributed by atoms with Gasteiger partial charge in [-0.15, -0.1) is 0 Å². The standard InChI is InChI=1S/C11H18BrN3/c1-3-15(2)7-6-14-11-8-9(12)4-5-10(11)13/h4-5,8,14H,3,6-7,13H2,1-2H3. The number of hydrogen-bond donors (Lipinski definition) is 2. The van der Waals surface area contributed by atoms with Gasteiger partial charge in [-0.05, 0) is 31.8 Å². The smallest absolute Gasteiger partial charge is 0.0585 e. The van der Waals surface area contributed by atoms with Crippen molar-refractivity contribution in [1.82, 2.24) is 4.90 Å². The second kappa shape index (κ2) is 5.98. The number of nitrogens with one attached hydrogen (secondary N) is 1. The maximum Gasteiger partial charge on any atom is 0.0585 e. The van der Waals surface area contributed by atoms with Gasteiger partial charge < -0.3 is 16.0 Å². The van der Waals surface area contributed by atoms with Crippen molar-refractivity contribution in [2.45, 2.75) is 6.92 Å². The Morgan fingerprint density at radius 3 is 2.87 bits per heavy atom. The van der Waals surface area contributed by atoms with Crippen LogP contribution in [0.25, 0.3) is 0 Å². The highest BCUT2D eigenvalue weighted by atomic mass is 79.9. The van der Waals surface area contributed by atoms with Crippen molar-refractivity contribution in [3.63, 3.8) is 0 Å². The fourth-order valence-electron chi connectivity index (χ4n) is 1.22. The Bertz CT molecular complexity index is 315. The van der Waals surface area contributed by atoms with Gasteiger partial charge in [-0.1, -0.05) is 22.9 Å². The van der Waals surface area contributed by atoms with E-state index in [0.29, 0.717) is 0 Å². The van der Waals surface area contributed by atoms with Crippen LogP contribution in [0.4, 0.5) is 11.4 Å². The van der Waals surface area contributed by atoms with E-state index in [2.05, 4.69) is 40.1 Å². The van der Waals surface area contributed by atoms with Gasteiger partial charge in [-0.2, -0.15) is 0 Å². The van der Waals surface area contributed by atoms with Crippen LogP contribution in [0.5, 0.6) is 0 Å². The van der Waals surface area contributed by atoms with E-state index < -0.39 is 0 Å². The van der Waals surface area contributed by atoms with E-state index in [1.54, 1.807) is 0 Å². The van der Waals surface area contributed by atoms with E-state index in [1.165, 1.54) is 0 Å². The molecule has 0 unspecified atom stereocenters. The van der Waals surface area contributed by atoms with Crippen molar-refractivity contribution in [2.24, 2.45) is 0 Å². The van der Waals surface area contributed by atoms with Crippen molar-refractivity contribution in [2.75, 3.05) is 37.7 Å². The Morgan fingerprint density at radius 1 is 1.47 bits per heavy atom. The normalized spacial score (nSPS) is 10.7. The second-order valence-electron chi connectivity index (χ2n) is 3.55. The molecule has 0 saturated heterocycles. The summed E-state index contributed by atoms with van der Waals surface area (Å²) in [6.45, 7) is 5.14. The number of nitrogens with zero attached hydrogens (tertiary/aromatic N) is 1. The summed E-state index contributed by atoms with van der Waals surface area (Å²) in [4.78, 5) is 2.25. The van der Waals surface area contributed by atoms with Crippen LogP contribution in [0.2, 0.25) is 0 Å². The highest BCUT2D eigenvalue weighted by Gasteiger charge is 1.99. The molecule has 0 radical (unpaired) electrons. The first kappa shape index (κ1) is 12.3. The Labute approximate surface area is 99.8 Å². The van der Waals surface area contributed by atoms with Gasteiger partial charge in [0.1, 0.15) is 0 Å². The fourth-order valence-corrected chi connectivity index (χ4v) is 1.58. The minimum Gasteiger partial charge on any atom is -0.397 e. The van der Waals surface area contributed by atoms with Gasteiger partial charge in [0.15, 0.2) is 0 Å². The maximum atomic E-state index is 5.84. The zero-order valence-corrected chi connectivity index (χ0v) is 10.8. The van der Waals surface area contributed by atoms with Crippen molar-refractivity contribution in [3.05, 3.63) is 22.7 Å². The molecule has 0 heterocycles. The number of hydrogen-bond acceptors (Lipinski definition) is 3. The molecule has 0 aliphatic rings. The number of likely N-dealkylation sites (N-methyl/N-ethyl adjacent to an activating group) is 1. The lowest BCUT2D eigenvalue weighted by Gasteiger charge is -2.15. The van der Waals surface area contributed by atoms with Crippen molar-refractivity contribution < 1.29 is 0 Å². The van der Waals surface area contributed by atoms with Crippen molar-refractivity contribution >= 4 is 27.3 Å². The molecule has 0 aliphatic carbocycles. The van der Waals surface area contributed by atoms with Gasteiger partial charge in [-0.3, -0.25) is 0 Å². The predicted molar refractivity (Wildman–Crippen MR) is 70.2 cm³/mol. The molecule has 84 valence electrons. The van der Waals surface area contributed by atoms with Gasteiger partial charge in [0.2, 0.25) is 0 Å². The summed E-state index contributed by atoms with van der Waals surface area (Å²) in [5, 5.41) is 3.32. The van der Waals surface area contributed by atoms with Gasteiger partial charge in [0.05, 0.1) is 11.4 Å². The van der Waals surface area contributed by atoms with E-state index in [0.717, 1.165) is 35.5 Å². The number of benzene rings is 1. The van der Waals surface area contributed by atoms with Gasteiger partial charge in [0.25, 0.3) is 0 Å². The van der Waals surface area contributed by atoms with Gasteiger partial charge in [0, 0.05) is 17.6 Å². The van der Waals surface area contributed by atoms with Crippen LogP contribution in [0, 0.1) is 0 Å². The summed E-state index contributed by atoms with van der Waals surface area (Å²) in [5.41, 5.74) is 7.63. The van der Waals surface area contributed by atoms with Crippen LogP contribution >= 0.6 is 15.9 Å². The lowest BCUT2D eigenvalue weighted by molar-refractivity contribution is 0.367. The Hall–Kier alpha value is -0.740. The molecule has 0 atom stereocenters. The number of anilines is 2. The van der Waals surface area contributed by atoms with E-state index >= 15 is 0 Å². The van der Waals surface area contributed by atoms with E-state index in [9.17, 15) is 0 Å². The Kier molecular flexibility index (Phi) is 4.91. The van der Waals surface area contributed by atoms with Crippen LogP contribution in [-0.4, -0.2) is 31.6 Å². The highest BCUT2D eigenvalue weighted by Crippen LogP contribution is 2.22. The van der Waals surface area contributed by atoms with Gasteiger partial charge in [-0.25, -0.2) is 0 Å². The molecule has 1 rings (SSSR count). The zero-order chi connectivity index (χ0) is 11.3. The first-order valence-corrected chi connectivity index (χ1v) is 5.90. The largest absolute Gasteiger partial charge is 0.397 e. The third-order valence-corrected chi connectivity index (χ3v) is 2.86. The van der Waals surface area contributed by atoms with Gasteiger partial charge >= 0.3 is 0 Å². The minimum absolute atomic E-state index is 0.789. The quantitative estimate of drug-likeness (QED) is 0.809. The van der Waals surface area contributed by atoms with E-state index in [4.69, 9.17) is 5.73 Å². The average Bonchev–Trinajstić information content (AvgIpc) is 2.23. The maximum absolute atomic E-state index is 5.84. The summed E-state index contributed by atoms with van der Waals surface area (Å²) in [7, 11) is 2.10. The molecule has 0 saturated carbocycles. The molecule has 0 aromatic heterocycles. The van der Waals surface area contributed by atoms with E-state index in [1.807, 2.05) is 18.2 Å². The minimum atomic E-state index is 0.789. The molecule has 0 amide bonds. The lowest BCUT2D eigenvalue weighted by atomic mass is 10.2. The lowest BCUT2D eigenvalue weighted by Crippen LogP contribution is -2.24. The SMILES string of the molecule is CCN(C)CCNc1cc(Br)ccc1N. The number of halogens is 1. The first-order chi connectivity index (χ1) is 7.13. The zero-order valence-electron chi connectivity index (χ0n) is 9.26. The molecular formula is C11H18BrN3. The monoisotopic (exact) mass is 271 g/mol. The number of nitrogen functional groups attached to an aromatic ring is 1. The van der Waals surface area contributed by atoms with Crippen molar-refractivity contribution in [3.8, 4) is 0 Å². The Morgan fingerprint density at radius 2 is 2.20 bits per heavy atom. The van der Waals surface area contributed by atoms with Crippen LogP contribution in [0.3, 0.4) is 0 Å². The number of nitrogens with two attached hydrogens (primary N) is 1. The molecule has 0 fully saturated rings. The molecule has 1 aromatic carbocycles. The fraction of sp³-hybridized carbons (Fsp3) is 0.455. The summed E-state index contributed by atoms with van der Waals surface area (Å²) < 4.78 is 1.04. The van der Waals surface area contributed by atoms with Crippen LogP contribution in [0.1, 0.15) is 6.92 Å². The van der Waals surface area contributed by atoms with Crippen LogP contribution in [0.15, 0.2) is 22.7 Å². The molecule has 1 aromatic rings. The molecule has 0 aliphatic heterocycles. The molecule has 15 heavy (non-hydrogen) atoms. The predicted octanol–water partition coefficient (Wildman–Crippen LogP) is 2.39. The van der Waals surface area contributed by atoms with E-state index in [-0.39, 0.29) is 0 Å². The first-order valence-electron chi connectivity index (χ1n) is 5.11. The summed E-state index contributed by atoms with van der Waals surface area (Å²) >= 11 is 3.42. The molecule has 3 nitrogen and oxygen atoms in total. The summed E-state index contributed by atoms with van der Waals surface area (Å²) in [6.07, 6.45) is 0. The second-order valence-corrected chi connectivity index (χ2v) is 4.47. The molecule has 3 N–H and O–H groups in total. The molecular weight excluding hydrogens is 254 g/mol. The number of rotatable bonds is 5. The Balaban J connectivity index is 2.46. The molecule has 0 spiro atoms. The molecule has 4 heteroatoms. The molecule has 0 bridgehead atoms. The third-order valence-electron chi connectivity index (χ3n) is 2.36. The summed E-state index contributed by atoms with van der Waals surface area (Å²) in [5.74, 6) is 0. The average molecular weight is 272 g/mol. The summed E-state index contributed by atoms with van der Waals surface area (Å²) in [6, 6.07) is 5.84. The third kappa shape index (κ3) is 4.10. The van der Waals surface area contributed by atoms with Crippen LogP contribution < -0.4 is 11.1 Å². The van der Waals surface area contributed by atoms with Crippen molar-refractivity contribution in [1.29, 1.82) is 0 Å². The highest BCUT2D eigenvalue weighted by molar-refractivity contribution is 9.10. The van der Waals surface area contributed by atoms with Crippen LogP contribution in [-0.2, 0) is 0 Å².